The minimum absolute atomic E-state index is 0.771. The van der Waals surface area contributed by atoms with Crippen LogP contribution in [0.3, 0.4) is 0 Å². The number of hydrazone groups is 1. The molecule has 0 unspecified atom stereocenters. The van der Waals surface area contributed by atoms with Crippen LogP contribution in [0.15, 0.2) is 22.5 Å². The molecule has 1 rings (SSSR count). The number of rotatable bonds is 0. The van der Waals surface area contributed by atoms with Gasteiger partial charge in [0.25, 0.3) is 0 Å². The third-order valence-corrected chi connectivity index (χ3v) is 0.834. The highest BCUT2D eigenvalue weighted by Gasteiger charge is 2.04. The third kappa shape index (κ3) is 1.41. The number of carboxylic acid groups (broad SMARTS) is 1. The first-order valence-corrected chi connectivity index (χ1v) is 2.55. The molecule has 1 aliphatic heterocycles. The Bertz CT molecular complexity index is 203. The van der Waals surface area contributed by atoms with Gasteiger partial charge in [0, 0.05) is 12.4 Å². The summed E-state index contributed by atoms with van der Waals surface area (Å²) < 4.78 is 0. The summed E-state index contributed by atoms with van der Waals surface area (Å²) in [5.41, 5.74) is 0. The average Bonchev–Trinajstić information content (AvgIpc) is 2.12. The molecule has 1 heterocycles. The Kier molecular flexibility index (Phi) is 1.79. The van der Waals surface area contributed by atoms with Crippen LogP contribution in [0.2, 0.25) is 0 Å². The van der Waals surface area contributed by atoms with Crippen molar-refractivity contribution in [2.45, 2.75) is 0 Å². The molecule has 0 aromatic heterocycles. The predicted molar refractivity (Wildman–Crippen MR) is 36.0 cm³/mol. The van der Waals surface area contributed by atoms with Crippen LogP contribution in [-0.2, 0) is 0 Å². The predicted octanol–water partition coefficient (Wildman–Crippen LogP) is 0.508. The van der Waals surface area contributed by atoms with Gasteiger partial charge < -0.3 is 5.11 Å². The average molecular weight is 139 g/mol. The quantitative estimate of drug-likeness (QED) is 0.531. The number of aliphatic imine (C=N–C) groups is 1. The number of hydrogen-bond acceptors (Lipinski definition) is 3. The standard InChI is InChI=1S/C5H5N3O2/c9-5(10)8-4-3-6-1-2-7-8/h1-4H,(H,9,10). The molecule has 0 atom stereocenters. The van der Waals surface area contributed by atoms with E-state index in [2.05, 4.69) is 10.1 Å². The molecule has 0 aliphatic carbocycles. The van der Waals surface area contributed by atoms with E-state index in [9.17, 15) is 4.79 Å². The molecule has 0 fully saturated rings. The van der Waals surface area contributed by atoms with E-state index in [0.717, 1.165) is 5.01 Å². The number of hydrogen-bond donors (Lipinski definition) is 1. The molecule has 0 saturated carbocycles. The molecule has 0 saturated heterocycles. The fourth-order valence-electron chi connectivity index (χ4n) is 0.443. The second kappa shape index (κ2) is 2.77. The van der Waals surface area contributed by atoms with Gasteiger partial charge in [-0.3, -0.25) is 4.99 Å². The van der Waals surface area contributed by atoms with Crippen molar-refractivity contribution in [3.8, 4) is 0 Å². The second-order valence-corrected chi connectivity index (χ2v) is 1.49. The van der Waals surface area contributed by atoms with Crippen LogP contribution in [0.1, 0.15) is 0 Å². The lowest BCUT2D eigenvalue weighted by Crippen LogP contribution is -2.16. The maximum Gasteiger partial charge on any atom is 0.432 e. The summed E-state index contributed by atoms with van der Waals surface area (Å²) >= 11 is 0. The Balaban J connectivity index is 2.72. The highest BCUT2D eigenvalue weighted by molar-refractivity contribution is 6.16. The lowest BCUT2D eigenvalue weighted by molar-refractivity contribution is 0.164. The first-order valence-electron chi connectivity index (χ1n) is 2.55. The topological polar surface area (TPSA) is 65.3 Å². The molecule has 5 nitrogen and oxygen atoms in total. The summed E-state index contributed by atoms with van der Waals surface area (Å²) in [5.74, 6) is 0. The van der Waals surface area contributed by atoms with Crippen LogP contribution >= 0.6 is 0 Å². The summed E-state index contributed by atoms with van der Waals surface area (Å²) in [6, 6.07) is 0. The molecular weight excluding hydrogens is 134 g/mol. The molecule has 52 valence electrons. The SMILES string of the molecule is O=C(O)N1C=CN=CC=N1. The molecule has 1 N–H and O–H groups in total. The zero-order chi connectivity index (χ0) is 7.40. The molecule has 1 amide bonds. The Morgan fingerprint density at radius 2 is 2.30 bits per heavy atom. The fraction of sp³-hybridized carbons (Fsp3) is 0. The summed E-state index contributed by atoms with van der Waals surface area (Å²) in [5, 5.41) is 12.6. The lowest BCUT2D eigenvalue weighted by atomic mass is 10.8. The third-order valence-electron chi connectivity index (χ3n) is 0.834. The highest BCUT2D eigenvalue weighted by atomic mass is 16.4. The smallest absolute Gasteiger partial charge is 0.432 e. The fourth-order valence-corrected chi connectivity index (χ4v) is 0.443. The van der Waals surface area contributed by atoms with Crippen molar-refractivity contribution in [3.05, 3.63) is 12.4 Å². The van der Waals surface area contributed by atoms with Gasteiger partial charge >= 0.3 is 6.09 Å². The van der Waals surface area contributed by atoms with Gasteiger partial charge in [0.15, 0.2) is 0 Å². The molecule has 0 aromatic carbocycles. The van der Waals surface area contributed by atoms with Gasteiger partial charge in [-0.15, -0.1) is 0 Å². The van der Waals surface area contributed by atoms with Crippen molar-refractivity contribution < 1.29 is 9.90 Å². The van der Waals surface area contributed by atoms with E-state index in [4.69, 9.17) is 5.11 Å². The zero-order valence-corrected chi connectivity index (χ0v) is 5.01. The number of amides is 1. The maximum atomic E-state index is 10.2. The van der Waals surface area contributed by atoms with Gasteiger partial charge in [-0.05, 0) is 0 Å². The summed E-state index contributed by atoms with van der Waals surface area (Å²) in [4.78, 5) is 13.9. The van der Waals surface area contributed by atoms with Crippen molar-refractivity contribution >= 4 is 18.5 Å². The molecule has 0 aromatic rings. The van der Waals surface area contributed by atoms with E-state index >= 15 is 0 Å². The molecule has 0 radical (unpaired) electrons. The van der Waals surface area contributed by atoms with Gasteiger partial charge in [-0.1, -0.05) is 0 Å². The van der Waals surface area contributed by atoms with E-state index < -0.39 is 6.09 Å². The largest absolute Gasteiger partial charge is 0.463 e. The van der Waals surface area contributed by atoms with E-state index in [1.54, 1.807) is 0 Å². The van der Waals surface area contributed by atoms with Gasteiger partial charge in [0.05, 0.1) is 12.4 Å². The summed E-state index contributed by atoms with van der Waals surface area (Å²) in [7, 11) is 0. The summed E-state index contributed by atoms with van der Waals surface area (Å²) in [6.45, 7) is 0. The van der Waals surface area contributed by atoms with E-state index in [1.165, 1.54) is 24.8 Å². The van der Waals surface area contributed by atoms with Gasteiger partial charge in [-0.25, -0.2) is 4.79 Å². The number of carbonyl (C=O) groups is 1. The molecule has 10 heavy (non-hydrogen) atoms. The van der Waals surface area contributed by atoms with Crippen molar-refractivity contribution in [3.63, 3.8) is 0 Å². The van der Waals surface area contributed by atoms with Crippen molar-refractivity contribution in [2.24, 2.45) is 10.1 Å². The van der Waals surface area contributed by atoms with E-state index in [-0.39, 0.29) is 0 Å². The minimum atomic E-state index is -1.13. The molecule has 5 heteroatoms. The summed E-state index contributed by atoms with van der Waals surface area (Å²) in [6.07, 6.45) is 4.18. The Morgan fingerprint density at radius 3 is 3.00 bits per heavy atom. The van der Waals surface area contributed by atoms with Crippen LogP contribution in [0, 0.1) is 0 Å². The lowest BCUT2D eigenvalue weighted by Gasteiger charge is -2.02. The monoisotopic (exact) mass is 139 g/mol. The van der Waals surface area contributed by atoms with Crippen LogP contribution < -0.4 is 0 Å². The zero-order valence-electron chi connectivity index (χ0n) is 5.01. The van der Waals surface area contributed by atoms with Crippen LogP contribution in [0.25, 0.3) is 0 Å². The van der Waals surface area contributed by atoms with Crippen LogP contribution in [0.4, 0.5) is 4.79 Å². The van der Waals surface area contributed by atoms with Crippen molar-refractivity contribution in [2.75, 3.05) is 0 Å². The normalized spacial score (nSPS) is 15.4. The highest BCUT2D eigenvalue weighted by Crippen LogP contribution is 1.93. The molecular formula is C5H5N3O2. The first kappa shape index (κ1) is 6.47. The van der Waals surface area contributed by atoms with Gasteiger partial charge in [-0.2, -0.15) is 10.1 Å². The Labute approximate surface area is 57.0 Å². The first-order chi connectivity index (χ1) is 4.80. The maximum absolute atomic E-state index is 10.2. The van der Waals surface area contributed by atoms with Crippen molar-refractivity contribution in [1.29, 1.82) is 0 Å². The second-order valence-electron chi connectivity index (χ2n) is 1.49. The molecule has 0 bridgehead atoms. The number of nitrogens with zero attached hydrogens (tertiary/aromatic N) is 3. The van der Waals surface area contributed by atoms with Crippen molar-refractivity contribution in [1.82, 2.24) is 5.01 Å². The van der Waals surface area contributed by atoms with Crippen LogP contribution in [0.5, 0.6) is 0 Å². The Morgan fingerprint density at radius 1 is 1.50 bits per heavy atom. The molecule has 0 spiro atoms. The molecule has 1 aliphatic rings. The van der Waals surface area contributed by atoms with E-state index in [0.29, 0.717) is 0 Å². The minimum Gasteiger partial charge on any atom is -0.463 e. The van der Waals surface area contributed by atoms with Crippen LogP contribution in [-0.4, -0.2) is 28.6 Å². The van der Waals surface area contributed by atoms with E-state index in [1.807, 2.05) is 0 Å². The van der Waals surface area contributed by atoms with Gasteiger partial charge in [0.2, 0.25) is 0 Å². The Hall–Kier alpha value is -1.65. The van der Waals surface area contributed by atoms with Gasteiger partial charge in [0.1, 0.15) is 0 Å².